The molecule has 6 heteroatoms. The highest BCUT2D eigenvalue weighted by molar-refractivity contribution is 6.30. The van der Waals surface area contributed by atoms with Crippen molar-refractivity contribution in [2.75, 3.05) is 13.2 Å². The molecular formula is C14H18ClNO4. The summed E-state index contributed by atoms with van der Waals surface area (Å²) in [5.74, 6) is -0.606. The van der Waals surface area contributed by atoms with E-state index < -0.39 is 11.4 Å². The number of carbonyl (C=O) groups excluding carboxylic acids is 1. The molecule has 0 aliphatic carbocycles. The van der Waals surface area contributed by atoms with Gasteiger partial charge in [0, 0.05) is 11.6 Å². The van der Waals surface area contributed by atoms with Gasteiger partial charge >= 0.3 is 5.97 Å². The van der Waals surface area contributed by atoms with Crippen LogP contribution in [0.3, 0.4) is 0 Å². The monoisotopic (exact) mass is 299 g/mol. The Morgan fingerprint density at radius 1 is 1.40 bits per heavy atom. The zero-order valence-corrected chi connectivity index (χ0v) is 12.2. The van der Waals surface area contributed by atoms with E-state index in [4.69, 9.17) is 21.4 Å². The van der Waals surface area contributed by atoms with E-state index in [1.807, 2.05) is 0 Å². The third-order valence-electron chi connectivity index (χ3n) is 2.70. The molecule has 0 fully saturated rings. The number of aliphatic carboxylic acids is 1. The van der Waals surface area contributed by atoms with E-state index in [9.17, 15) is 9.59 Å². The summed E-state index contributed by atoms with van der Waals surface area (Å²) in [6.45, 7) is 3.40. The van der Waals surface area contributed by atoms with Gasteiger partial charge in [0.25, 0.3) is 0 Å². The minimum Gasteiger partial charge on any atom is -0.493 e. The lowest BCUT2D eigenvalue weighted by Gasteiger charge is -2.19. The summed E-state index contributed by atoms with van der Waals surface area (Å²) in [6.07, 6.45) is 0.155. The van der Waals surface area contributed by atoms with Gasteiger partial charge in [-0.2, -0.15) is 0 Å². The van der Waals surface area contributed by atoms with Gasteiger partial charge in [0.05, 0.1) is 18.4 Å². The van der Waals surface area contributed by atoms with Crippen molar-refractivity contribution < 1.29 is 19.4 Å². The van der Waals surface area contributed by atoms with Crippen molar-refractivity contribution in [2.24, 2.45) is 5.41 Å². The number of carboxylic acid groups (broad SMARTS) is 1. The number of rotatable bonds is 7. The smallest absolute Gasteiger partial charge is 0.310 e. The van der Waals surface area contributed by atoms with E-state index in [0.29, 0.717) is 10.8 Å². The number of amides is 1. The summed E-state index contributed by atoms with van der Waals surface area (Å²) in [6, 6.07) is 6.90. The highest BCUT2D eigenvalue weighted by Gasteiger charge is 2.27. The third kappa shape index (κ3) is 5.48. The van der Waals surface area contributed by atoms with Crippen molar-refractivity contribution in [1.29, 1.82) is 0 Å². The lowest BCUT2D eigenvalue weighted by molar-refractivity contribution is -0.146. The largest absolute Gasteiger partial charge is 0.493 e. The second-order valence-electron chi connectivity index (χ2n) is 5.02. The van der Waals surface area contributed by atoms with Crippen LogP contribution in [-0.4, -0.2) is 30.1 Å². The molecule has 20 heavy (non-hydrogen) atoms. The Morgan fingerprint density at radius 2 is 2.10 bits per heavy atom. The Morgan fingerprint density at radius 3 is 2.70 bits per heavy atom. The maximum Gasteiger partial charge on any atom is 0.310 e. The standard InChI is InChI=1S/C14H18ClNO4/c1-14(2,13(18)19)9-16-12(17)6-7-20-11-5-3-4-10(15)8-11/h3-5,8H,6-7,9H2,1-2H3,(H,16,17)(H,18,19). The van der Waals surface area contributed by atoms with Crippen LogP contribution in [-0.2, 0) is 9.59 Å². The van der Waals surface area contributed by atoms with Crippen LogP contribution in [0, 0.1) is 5.41 Å². The molecular weight excluding hydrogens is 282 g/mol. The molecule has 0 radical (unpaired) electrons. The normalized spacial score (nSPS) is 10.9. The van der Waals surface area contributed by atoms with Crippen molar-refractivity contribution in [3.05, 3.63) is 29.3 Å². The van der Waals surface area contributed by atoms with Crippen LogP contribution in [0.1, 0.15) is 20.3 Å². The molecule has 110 valence electrons. The highest BCUT2D eigenvalue weighted by atomic mass is 35.5. The molecule has 0 atom stereocenters. The fourth-order valence-corrected chi connectivity index (χ4v) is 1.48. The summed E-state index contributed by atoms with van der Waals surface area (Å²) < 4.78 is 5.38. The Kier molecular flexibility index (Phi) is 5.82. The average Bonchev–Trinajstić information content (AvgIpc) is 2.36. The number of nitrogens with one attached hydrogen (secondary N) is 1. The lowest BCUT2D eigenvalue weighted by atomic mass is 9.94. The van der Waals surface area contributed by atoms with Gasteiger partial charge in [0.2, 0.25) is 5.91 Å². The number of halogens is 1. The van der Waals surface area contributed by atoms with E-state index in [1.54, 1.807) is 38.1 Å². The summed E-state index contributed by atoms with van der Waals surface area (Å²) >= 11 is 5.80. The van der Waals surface area contributed by atoms with Gasteiger partial charge in [-0.15, -0.1) is 0 Å². The van der Waals surface area contributed by atoms with E-state index in [0.717, 1.165) is 0 Å². The van der Waals surface area contributed by atoms with Gasteiger partial charge in [0.1, 0.15) is 5.75 Å². The van der Waals surface area contributed by atoms with Gasteiger partial charge in [-0.25, -0.2) is 0 Å². The molecule has 0 aliphatic heterocycles. The molecule has 5 nitrogen and oxygen atoms in total. The van der Waals surface area contributed by atoms with Crippen LogP contribution in [0.4, 0.5) is 0 Å². The molecule has 0 aromatic heterocycles. The molecule has 0 aliphatic rings. The lowest BCUT2D eigenvalue weighted by Crippen LogP contribution is -2.39. The number of hydrogen-bond acceptors (Lipinski definition) is 3. The number of ether oxygens (including phenoxy) is 1. The van der Waals surface area contributed by atoms with Gasteiger partial charge in [-0.3, -0.25) is 9.59 Å². The molecule has 1 aromatic rings. The van der Waals surface area contributed by atoms with Gasteiger partial charge < -0.3 is 15.2 Å². The molecule has 0 heterocycles. The summed E-state index contributed by atoms with van der Waals surface area (Å²) in [4.78, 5) is 22.4. The maximum atomic E-state index is 11.6. The van der Waals surface area contributed by atoms with Crippen LogP contribution in [0.5, 0.6) is 5.75 Å². The Bertz CT molecular complexity index is 488. The zero-order chi connectivity index (χ0) is 15.2. The maximum absolute atomic E-state index is 11.6. The number of benzene rings is 1. The molecule has 0 bridgehead atoms. The van der Waals surface area contributed by atoms with Crippen molar-refractivity contribution >= 4 is 23.5 Å². The molecule has 0 unspecified atom stereocenters. The molecule has 0 spiro atoms. The predicted molar refractivity (Wildman–Crippen MR) is 76.0 cm³/mol. The van der Waals surface area contributed by atoms with Gasteiger partial charge in [0.15, 0.2) is 0 Å². The first-order valence-electron chi connectivity index (χ1n) is 6.20. The zero-order valence-electron chi connectivity index (χ0n) is 11.5. The Labute approximate surface area is 122 Å². The minimum absolute atomic E-state index is 0.0817. The van der Waals surface area contributed by atoms with Crippen molar-refractivity contribution in [3.8, 4) is 5.75 Å². The number of carbonyl (C=O) groups is 2. The topological polar surface area (TPSA) is 75.6 Å². The summed E-state index contributed by atoms with van der Waals surface area (Å²) in [7, 11) is 0. The number of hydrogen-bond donors (Lipinski definition) is 2. The SMILES string of the molecule is CC(C)(CNC(=O)CCOc1cccc(Cl)c1)C(=O)O. The van der Waals surface area contributed by atoms with Crippen LogP contribution >= 0.6 is 11.6 Å². The van der Waals surface area contributed by atoms with Gasteiger partial charge in [-0.05, 0) is 32.0 Å². The molecule has 0 saturated carbocycles. The fourth-order valence-electron chi connectivity index (χ4n) is 1.30. The summed E-state index contributed by atoms with van der Waals surface area (Å²) in [5.41, 5.74) is -0.983. The third-order valence-corrected chi connectivity index (χ3v) is 2.94. The van der Waals surface area contributed by atoms with E-state index in [1.165, 1.54) is 0 Å². The Balaban J connectivity index is 2.29. The summed E-state index contributed by atoms with van der Waals surface area (Å²) in [5, 5.41) is 12.1. The first-order valence-corrected chi connectivity index (χ1v) is 6.57. The molecule has 0 saturated heterocycles. The van der Waals surface area contributed by atoms with Crippen LogP contribution in [0.15, 0.2) is 24.3 Å². The van der Waals surface area contributed by atoms with Crippen molar-refractivity contribution in [3.63, 3.8) is 0 Å². The quantitative estimate of drug-likeness (QED) is 0.810. The molecule has 2 N–H and O–H groups in total. The minimum atomic E-state index is -0.983. The first kappa shape index (κ1) is 16.3. The van der Waals surface area contributed by atoms with Gasteiger partial charge in [-0.1, -0.05) is 17.7 Å². The fraction of sp³-hybridized carbons (Fsp3) is 0.429. The predicted octanol–water partition coefficient (Wildman–Crippen LogP) is 2.34. The van der Waals surface area contributed by atoms with E-state index in [-0.39, 0.29) is 25.5 Å². The average molecular weight is 300 g/mol. The second kappa shape index (κ2) is 7.14. The molecule has 1 rings (SSSR count). The first-order chi connectivity index (χ1) is 9.31. The van der Waals surface area contributed by atoms with Crippen LogP contribution in [0.25, 0.3) is 0 Å². The van der Waals surface area contributed by atoms with Crippen LogP contribution < -0.4 is 10.1 Å². The highest BCUT2D eigenvalue weighted by Crippen LogP contribution is 2.17. The molecule has 1 aromatic carbocycles. The van der Waals surface area contributed by atoms with E-state index >= 15 is 0 Å². The molecule has 1 amide bonds. The Hall–Kier alpha value is -1.75. The number of carboxylic acids is 1. The van der Waals surface area contributed by atoms with E-state index in [2.05, 4.69) is 5.32 Å². The van der Waals surface area contributed by atoms with Crippen LogP contribution in [0.2, 0.25) is 5.02 Å². The second-order valence-corrected chi connectivity index (χ2v) is 5.46. The van der Waals surface area contributed by atoms with Crippen molar-refractivity contribution in [1.82, 2.24) is 5.32 Å². The van der Waals surface area contributed by atoms with Crippen molar-refractivity contribution in [2.45, 2.75) is 20.3 Å².